The van der Waals surface area contributed by atoms with E-state index in [1.54, 1.807) is 12.1 Å². The van der Waals surface area contributed by atoms with Crippen LogP contribution in [0.4, 0.5) is 4.39 Å². The summed E-state index contributed by atoms with van der Waals surface area (Å²) in [6, 6.07) is 11.4. The zero-order chi connectivity index (χ0) is 13.2. The summed E-state index contributed by atoms with van der Waals surface area (Å²) in [7, 11) is 0. The van der Waals surface area contributed by atoms with Gasteiger partial charge in [0.05, 0.1) is 6.04 Å². The Morgan fingerprint density at radius 2 is 1.84 bits per heavy atom. The SMILES string of the molecule is NC(c1cccc(F)c1)c1cccc2c1OCCO2. The van der Waals surface area contributed by atoms with E-state index >= 15 is 0 Å². The lowest BCUT2D eigenvalue weighted by Crippen LogP contribution is -2.20. The summed E-state index contributed by atoms with van der Waals surface area (Å²) in [6.07, 6.45) is 0. The minimum absolute atomic E-state index is 0.296. The fourth-order valence-electron chi connectivity index (χ4n) is 2.22. The number of benzene rings is 2. The summed E-state index contributed by atoms with van der Waals surface area (Å²) in [5, 5.41) is 0. The van der Waals surface area contributed by atoms with Gasteiger partial charge in [-0.25, -0.2) is 4.39 Å². The van der Waals surface area contributed by atoms with Gasteiger partial charge in [0.25, 0.3) is 0 Å². The minimum atomic E-state index is -0.438. The molecule has 1 unspecified atom stereocenters. The van der Waals surface area contributed by atoms with Gasteiger partial charge in [-0.1, -0.05) is 24.3 Å². The number of nitrogens with two attached hydrogens (primary N) is 1. The smallest absolute Gasteiger partial charge is 0.166 e. The normalized spacial score (nSPS) is 15.1. The first-order valence-electron chi connectivity index (χ1n) is 6.15. The summed E-state index contributed by atoms with van der Waals surface area (Å²) in [4.78, 5) is 0. The number of halogens is 1. The van der Waals surface area contributed by atoms with Gasteiger partial charge >= 0.3 is 0 Å². The third-order valence-corrected chi connectivity index (χ3v) is 3.14. The summed E-state index contributed by atoms with van der Waals surface area (Å²) >= 11 is 0. The predicted molar refractivity (Wildman–Crippen MR) is 69.9 cm³/mol. The van der Waals surface area contributed by atoms with Crippen LogP contribution in [0.15, 0.2) is 42.5 Å². The highest BCUT2D eigenvalue weighted by atomic mass is 19.1. The first-order valence-corrected chi connectivity index (χ1v) is 6.15. The zero-order valence-electron chi connectivity index (χ0n) is 10.3. The van der Waals surface area contributed by atoms with Crippen LogP contribution in [0, 0.1) is 5.82 Å². The van der Waals surface area contributed by atoms with Crippen molar-refractivity contribution in [2.45, 2.75) is 6.04 Å². The van der Waals surface area contributed by atoms with Crippen LogP contribution in [0.1, 0.15) is 17.2 Å². The van der Waals surface area contributed by atoms with Crippen molar-refractivity contribution in [3.05, 3.63) is 59.4 Å². The van der Waals surface area contributed by atoms with Gasteiger partial charge in [0.2, 0.25) is 0 Å². The fourth-order valence-corrected chi connectivity index (χ4v) is 2.22. The lowest BCUT2D eigenvalue weighted by molar-refractivity contribution is 0.169. The first-order chi connectivity index (χ1) is 9.25. The van der Waals surface area contributed by atoms with Crippen molar-refractivity contribution in [3.8, 4) is 11.5 Å². The third kappa shape index (κ3) is 2.27. The van der Waals surface area contributed by atoms with Crippen molar-refractivity contribution in [3.63, 3.8) is 0 Å². The number of hydrogen-bond acceptors (Lipinski definition) is 3. The van der Waals surface area contributed by atoms with Crippen molar-refractivity contribution in [1.29, 1.82) is 0 Å². The number of hydrogen-bond donors (Lipinski definition) is 1. The van der Waals surface area contributed by atoms with Crippen LogP contribution < -0.4 is 15.2 Å². The van der Waals surface area contributed by atoms with E-state index in [0.717, 1.165) is 5.56 Å². The van der Waals surface area contributed by atoms with E-state index < -0.39 is 6.04 Å². The van der Waals surface area contributed by atoms with E-state index in [2.05, 4.69) is 0 Å². The molecule has 1 aliphatic rings. The Bertz CT molecular complexity index is 600. The second-order valence-electron chi connectivity index (χ2n) is 4.40. The maximum absolute atomic E-state index is 13.3. The predicted octanol–water partition coefficient (Wildman–Crippen LogP) is 2.65. The van der Waals surface area contributed by atoms with E-state index in [1.807, 2.05) is 18.2 Å². The van der Waals surface area contributed by atoms with Gasteiger partial charge in [-0.15, -0.1) is 0 Å². The lowest BCUT2D eigenvalue weighted by Gasteiger charge is -2.23. The van der Waals surface area contributed by atoms with E-state index in [1.165, 1.54) is 12.1 Å². The minimum Gasteiger partial charge on any atom is -0.486 e. The van der Waals surface area contributed by atoms with Crippen LogP contribution in [-0.2, 0) is 0 Å². The standard InChI is InChI=1S/C15H14FNO2/c16-11-4-1-3-10(9-11)14(17)12-5-2-6-13-15(12)19-8-7-18-13/h1-6,9,14H,7-8,17H2. The largest absolute Gasteiger partial charge is 0.486 e. The monoisotopic (exact) mass is 259 g/mol. The van der Waals surface area contributed by atoms with Gasteiger partial charge in [-0.05, 0) is 23.8 Å². The molecular weight excluding hydrogens is 245 g/mol. The van der Waals surface area contributed by atoms with E-state index in [4.69, 9.17) is 15.2 Å². The Morgan fingerprint density at radius 3 is 2.68 bits per heavy atom. The molecule has 0 spiro atoms. The lowest BCUT2D eigenvalue weighted by atomic mass is 9.98. The zero-order valence-corrected chi connectivity index (χ0v) is 10.3. The molecule has 19 heavy (non-hydrogen) atoms. The highest BCUT2D eigenvalue weighted by molar-refractivity contribution is 5.51. The molecule has 0 fully saturated rings. The average molecular weight is 259 g/mol. The molecule has 1 aliphatic heterocycles. The van der Waals surface area contributed by atoms with Crippen LogP contribution in [-0.4, -0.2) is 13.2 Å². The molecule has 3 rings (SSSR count). The maximum atomic E-state index is 13.3. The molecule has 0 radical (unpaired) electrons. The molecule has 1 heterocycles. The molecule has 0 aromatic heterocycles. The van der Waals surface area contributed by atoms with Crippen molar-refractivity contribution in [1.82, 2.24) is 0 Å². The fraction of sp³-hybridized carbons (Fsp3) is 0.200. The molecule has 2 aromatic rings. The molecule has 2 N–H and O–H groups in total. The highest BCUT2D eigenvalue weighted by Crippen LogP contribution is 2.38. The van der Waals surface area contributed by atoms with Crippen molar-refractivity contribution in [2.24, 2.45) is 5.73 Å². The van der Waals surface area contributed by atoms with Gasteiger partial charge < -0.3 is 15.2 Å². The second-order valence-corrected chi connectivity index (χ2v) is 4.40. The second kappa shape index (κ2) is 4.90. The van der Waals surface area contributed by atoms with E-state index in [9.17, 15) is 4.39 Å². The molecule has 4 heteroatoms. The van der Waals surface area contributed by atoms with Crippen LogP contribution >= 0.6 is 0 Å². The Balaban J connectivity index is 2.02. The molecule has 1 atom stereocenters. The molecule has 0 amide bonds. The van der Waals surface area contributed by atoms with Crippen LogP contribution in [0.25, 0.3) is 0 Å². The molecule has 0 bridgehead atoms. The Labute approximate surface area is 110 Å². The Kier molecular flexibility index (Phi) is 3.09. The van der Waals surface area contributed by atoms with Crippen LogP contribution in [0.3, 0.4) is 0 Å². The molecule has 0 aliphatic carbocycles. The number of fused-ring (bicyclic) bond motifs is 1. The molecular formula is C15H14FNO2. The molecule has 2 aromatic carbocycles. The van der Waals surface area contributed by atoms with Gasteiger partial charge in [0.15, 0.2) is 11.5 Å². The Morgan fingerprint density at radius 1 is 1.05 bits per heavy atom. The molecule has 0 saturated heterocycles. The molecule has 98 valence electrons. The van der Waals surface area contributed by atoms with Gasteiger partial charge in [-0.2, -0.15) is 0 Å². The summed E-state index contributed by atoms with van der Waals surface area (Å²) in [6.45, 7) is 1.03. The third-order valence-electron chi connectivity index (χ3n) is 3.14. The van der Waals surface area contributed by atoms with Gasteiger partial charge in [-0.3, -0.25) is 0 Å². The molecule has 0 saturated carbocycles. The van der Waals surface area contributed by atoms with Crippen LogP contribution in [0.5, 0.6) is 11.5 Å². The topological polar surface area (TPSA) is 44.5 Å². The van der Waals surface area contributed by atoms with Gasteiger partial charge in [0.1, 0.15) is 19.0 Å². The summed E-state index contributed by atoms with van der Waals surface area (Å²) in [5.74, 6) is 1.05. The summed E-state index contributed by atoms with van der Waals surface area (Å²) in [5.41, 5.74) is 7.73. The van der Waals surface area contributed by atoms with E-state index in [0.29, 0.717) is 30.3 Å². The first kappa shape index (κ1) is 12.0. The van der Waals surface area contributed by atoms with Crippen molar-refractivity contribution < 1.29 is 13.9 Å². The number of para-hydroxylation sites is 1. The van der Waals surface area contributed by atoms with Crippen molar-refractivity contribution >= 4 is 0 Å². The Hall–Kier alpha value is -2.07. The highest BCUT2D eigenvalue weighted by Gasteiger charge is 2.20. The van der Waals surface area contributed by atoms with Crippen LogP contribution in [0.2, 0.25) is 0 Å². The van der Waals surface area contributed by atoms with E-state index in [-0.39, 0.29) is 5.82 Å². The average Bonchev–Trinajstić information content (AvgIpc) is 2.46. The molecule has 3 nitrogen and oxygen atoms in total. The number of ether oxygens (including phenoxy) is 2. The van der Waals surface area contributed by atoms with Crippen molar-refractivity contribution in [2.75, 3.05) is 13.2 Å². The number of rotatable bonds is 2. The maximum Gasteiger partial charge on any atom is 0.166 e. The van der Waals surface area contributed by atoms with Gasteiger partial charge in [0, 0.05) is 5.56 Å². The quantitative estimate of drug-likeness (QED) is 0.901. The summed E-state index contributed by atoms with van der Waals surface area (Å²) < 4.78 is 24.4.